The van der Waals surface area contributed by atoms with Crippen molar-refractivity contribution in [3.63, 3.8) is 0 Å². The Labute approximate surface area is 241 Å². The first-order chi connectivity index (χ1) is 20.6. The lowest BCUT2D eigenvalue weighted by molar-refractivity contribution is -0.137. The summed E-state index contributed by atoms with van der Waals surface area (Å²) < 4.78 is 48.6. The van der Waals surface area contributed by atoms with Crippen molar-refractivity contribution in [1.82, 2.24) is 29.3 Å². The number of aromatic hydroxyl groups is 1. The van der Waals surface area contributed by atoms with Gasteiger partial charge >= 0.3 is 6.18 Å². The highest BCUT2D eigenvalue weighted by molar-refractivity contribution is 5.98. The molecule has 3 N–H and O–H groups in total. The SMILES string of the molecule is COCc1cccc2nc(Cn3nc(-c4cccc(O)c4)c4c(N)ncnc43)n(Cc3cccc(C(F)(F)F)c3)c(=O)c12. The number of nitrogens with zero attached hydrogens (tertiary/aromatic N) is 6. The number of nitrogen functional groups attached to an aromatic ring is 1. The molecule has 3 aromatic carbocycles. The average molecular weight is 588 g/mol. The summed E-state index contributed by atoms with van der Waals surface area (Å²) >= 11 is 0. The van der Waals surface area contributed by atoms with E-state index in [2.05, 4.69) is 9.97 Å². The van der Waals surface area contributed by atoms with Crippen LogP contribution in [0, 0.1) is 0 Å². The number of aromatic nitrogens is 6. The maximum absolute atomic E-state index is 14.0. The lowest BCUT2D eigenvalue weighted by Gasteiger charge is -2.16. The topological polar surface area (TPSA) is 134 Å². The number of nitrogens with two attached hydrogens (primary N) is 1. The van der Waals surface area contributed by atoms with Crippen LogP contribution in [0.2, 0.25) is 0 Å². The number of ether oxygens (including phenoxy) is 1. The third-order valence-corrected chi connectivity index (χ3v) is 7.01. The van der Waals surface area contributed by atoms with Crippen LogP contribution in [0.5, 0.6) is 5.75 Å². The number of anilines is 1. The van der Waals surface area contributed by atoms with E-state index in [0.29, 0.717) is 38.8 Å². The molecule has 0 spiro atoms. The zero-order chi connectivity index (χ0) is 30.3. The van der Waals surface area contributed by atoms with Crippen LogP contribution in [0.1, 0.15) is 22.5 Å². The highest BCUT2D eigenvalue weighted by Gasteiger charge is 2.30. The van der Waals surface area contributed by atoms with E-state index >= 15 is 0 Å². The monoisotopic (exact) mass is 587 g/mol. The number of halogens is 3. The minimum atomic E-state index is -4.55. The molecule has 0 bridgehead atoms. The van der Waals surface area contributed by atoms with Gasteiger partial charge in [-0.2, -0.15) is 18.3 Å². The van der Waals surface area contributed by atoms with Gasteiger partial charge < -0.3 is 15.6 Å². The quantitative estimate of drug-likeness (QED) is 0.273. The van der Waals surface area contributed by atoms with Crippen LogP contribution in [0.4, 0.5) is 19.0 Å². The predicted octanol–water partition coefficient (Wildman–Crippen LogP) is 4.75. The molecular weight excluding hydrogens is 563 g/mol. The van der Waals surface area contributed by atoms with Gasteiger partial charge in [0.25, 0.3) is 5.56 Å². The summed E-state index contributed by atoms with van der Waals surface area (Å²) in [4.78, 5) is 27.3. The van der Waals surface area contributed by atoms with Crippen molar-refractivity contribution in [1.29, 1.82) is 0 Å². The molecule has 3 heterocycles. The Bertz CT molecular complexity index is 2050. The molecule has 0 unspecified atom stereocenters. The number of hydrogen-bond acceptors (Lipinski definition) is 8. The van der Waals surface area contributed by atoms with Gasteiger partial charge in [0, 0.05) is 12.7 Å². The van der Waals surface area contributed by atoms with E-state index in [1.54, 1.807) is 30.3 Å². The molecule has 3 aromatic heterocycles. The number of methoxy groups -OCH3 is 1. The fourth-order valence-corrected chi connectivity index (χ4v) is 5.10. The zero-order valence-electron chi connectivity index (χ0n) is 22.7. The van der Waals surface area contributed by atoms with Crippen molar-refractivity contribution in [3.05, 3.63) is 106 Å². The van der Waals surface area contributed by atoms with Gasteiger partial charge in [-0.05, 0) is 41.5 Å². The number of fused-ring (bicyclic) bond motifs is 2. The van der Waals surface area contributed by atoms with E-state index in [-0.39, 0.29) is 42.7 Å². The molecule has 0 amide bonds. The van der Waals surface area contributed by atoms with Crippen LogP contribution < -0.4 is 11.3 Å². The van der Waals surface area contributed by atoms with Crippen LogP contribution in [-0.2, 0) is 30.6 Å². The molecular formula is C30H24F3N7O3. The molecule has 0 radical (unpaired) electrons. The Morgan fingerprint density at radius 3 is 2.53 bits per heavy atom. The fraction of sp³-hybridized carbons (Fsp3) is 0.167. The van der Waals surface area contributed by atoms with E-state index in [1.165, 1.54) is 47.0 Å². The predicted molar refractivity (Wildman–Crippen MR) is 153 cm³/mol. The number of phenols is 1. The third kappa shape index (κ3) is 5.26. The molecule has 6 rings (SSSR count). The molecule has 6 aromatic rings. The first-order valence-corrected chi connectivity index (χ1v) is 13.1. The van der Waals surface area contributed by atoms with E-state index in [9.17, 15) is 23.1 Å². The second-order valence-corrected chi connectivity index (χ2v) is 9.88. The molecule has 0 saturated heterocycles. The van der Waals surface area contributed by atoms with Crippen LogP contribution in [0.15, 0.2) is 77.9 Å². The Morgan fingerprint density at radius 1 is 0.977 bits per heavy atom. The minimum absolute atomic E-state index is 0.0219. The lowest BCUT2D eigenvalue weighted by atomic mass is 10.1. The first-order valence-electron chi connectivity index (χ1n) is 13.1. The first kappa shape index (κ1) is 27.8. The van der Waals surface area contributed by atoms with E-state index in [1.807, 2.05) is 0 Å². The van der Waals surface area contributed by atoms with Crippen molar-refractivity contribution < 1.29 is 23.0 Å². The second-order valence-electron chi connectivity index (χ2n) is 9.88. The maximum atomic E-state index is 14.0. The highest BCUT2D eigenvalue weighted by Crippen LogP contribution is 2.32. The summed E-state index contributed by atoms with van der Waals surface area (Å²) in [6, 6.07) is 16.4. The molecule has 43 heavy (non-hydrogen) atoms. The van der Waals surface area contributed by atoms with Crippen LogP contribution in [0.25, 0.3) is 33.2 Å². The Balaban J connectivity index is 1.55. The van der Waals surface area contributed by atoms with Gasteiger partial charge in [0.15, 0.2) is 5.65 Å². The molecule has 0 saturated carbocycles. The number of benzene rings is 3. The van der Waals surface area contributed by atoms with Gasteiger partial charge in [-0.3, -0.25) is 9.36 Å². The summed E-state index contributed by atoms with van der Waals surface area (Å²) in [5.74, 6) is 0.411. The van der Waals surface area contributed by atoms with E-state index in [0.717, 1.165) is 12.1 Å². The molecule has 0 fully saturated rings. The summed E-state index contributed by atoms with van der Waals surface area (Å²) in [5, 5.41) is 15.5. The summed E-state index contributed by atoms with van der Waals surface area (Å²) in [7, 11) is 1.50. The van der Waals surface area contributed by atoms with Gasteiger partial charge in [-0.1, -0.05) is 36.4 Å². The maximum Gasteiger partial charge on any atom is 0.416 e. The van der Waals surface area contributed by atoms with Gasteiger partial charge in [0.1, 0.15) is 36.0 Å². The molecule has 218 valence electrons. The molecule has 0 aliphatic carbocycles. The molecule has 13 heteroatoms. The number of rotatable bonds is 7. The Morgan fingerprint density at radius 2 is 1.77 bits per heavy atom. The second kappa shape index (κ2) is 10.8. The van der Waals surface area contributed by atoms with E-state index in [4.69, 9.17) is 20.6 Å². The number of alkyl halides is 3. The normalized spacial score (nSPS) is 11.9. The smallest absolute Gasteiger partial charge is 0.416 e. The number of hydrogen-bond donors (Lipinski definition) is 2. The molecule has 0 aliphatic heterocycles. The molecule has 10 nitrogen and oxygen atoms in total. The standard InChI is InChI=1S/C30H24F3N7O3/c1-43-15-19-7-4-10-22-24(19)29(42)39(13-17-5-2-8-20(11-17)30(31,32)33)23(37-22)14-40-28-25(27(34)35-16-36-28)26(38-40)18-6-3-9-21(41)12-18/h2-12,16,41H,13-15H2,1H3,(H2,34,35,36). The van der Waals surface area contributed by atoms with E-state index < -0.39 is 17.3 Å². The lowest BCUT2D eigenvalue weighted by Crippen LogP contribution is -2.28. The third-order valence-electron chi connectivity index (χ3n) is 7.01. The highest BCUT2D eigenvalue weighted by atomic mass is 19.4. The minimum Gasteiger partial charge on any atom is -0.508 e. The van der Waals surface area contributed by atoms with Gasteiger partial charge in [0.2, 0.25) is 0 Å². The largest absolute Gasteiger partial charge is 0.508 e. The zero-order valence-corrected chi connectivity index (χ0v) is 22.7. The van der Waals surface area contributed by atoms with Crippen molar-refractivity contribution in [3.8, 4) is 17.0 Å². The summed E-state index contributed by atoms with van der Waals surface area (Å²) in [6.45, 7) is -0.118. The van der Waals surface area contributed by atoms with Crippen LogP contribution >= 0.6 is 0 Å². The molecule has 0 atom stereocenters. The van der Waals surface area contributed by atoms with Gasteiger partial charge in [0.05, 0.1) is 35.0 Å². The summed E-state index contributed by atoms with van der Waals surface area (Å²) in [6.07, 6.45) is -3.27. The fourth-order valence-electron chi connectivity index (χ4n) is 5.10. The van der Waals surface area contributed by atoms with Crippen molar-refractivity contribution in [2.45, 2.75) is 25.9 Å². The van der Waals surface area contributed by atoms with Crippen molar-refractivity contribution >= 4 is 27.8 Å². The number of phenolic OH excluding ortho intramolecular Hbond substituents is 1. The van der Waals surface area contributed by atoms with Crippen molar-refractivity contribution in [2.75, 3.05) is 12.8 Å². The summed E-state index contributed by atoms with van der Waals surface area (Å²) in [5.41, 5.74) is 7.52. The van der Waals surface area contributed by atoms with Crippen LogP contribution in [-0.4, -0.2) is 41.5 Å². The Hall–Kier alpha value is -5.30. The van der Waals surface area contributed by atoms with Crippen molar-refractivity contribution in [2.24, 2.45) is 0 Å². The van der Waals surface area contributed by atoms with Gasteiger partial charge in [-0.15, -0.1) is 0 Å². The average Bonchev–Trinajstić information content (AvgIpc) is 3.34. The van der Waals surface area contributed by atoms with Gasteiger partial charge in [-0.25, -0.2) is 19.6 Å². The van der Waals surface area contributed by atoms with Crippen LogP contribution in [0.3, 0.4) is 0 Å². The Kier molecular flexibility index (Phi) is 7.02. The molecule has 0 aliphatic rings.